The molecule has 0 N–H and O–H groups in total. The zero-order valence-electron chi connectivity index (χ0n) is 12.2. The molecule has 0 atom stereocenters. The van der Waals surface area contributed by atoms with Gasteiger partial charge in [0.1, 0.15) is 5.82 Å². The average molecular weight is 276 g/mol. The molecule has 106 valence electrons. The van der Waals surface area contributed by atoms with E-state index in [1.165, 1.54) is 0 Å². The highest BCUT2D eigenvalue weighted by Gasteiger charge is 2.52. The summed E-state index contributed by atoms with van der Waals surface area (Å²) in [5, 5.41) is 8.60. The number of hydrogen-bond donors (Lipinski definition) is 0. The molecule has 1 aromatic rings. The molecule has 1 aliphatic heterocycles. The predicted octanol–water partition coefficient (Wildman–Crippen LogP) is 1.98. The highest BCUT2D eigenvalue weighted by Crippen LogP contribution is 2.36. The summed E-state index contributed by atoms with van der Waals surface area (Å²) in [6, 6.07) is 3.63. The molecule has 0 bridgehead atoms. The van der Waals surface area contributed by atoms with Crippen molar-refractivity contribution in [2.75, 3.05) is 0 Å². The largest absolute Gasteiger partial charge is 0.514 e. The molecule has 20 heavy (non-hydrogen) atoms. The summed E-state index contributed by atoms with van der Waals surface area (Å²) < 4.78 is 25.4. The van der Waals surface area contributed by atoms with Crippen molar-refractivity contribution in [2.45, 2.75) is 51.7 Å². The molecule has 0 aromatic carbocycles. The van der Waals surface area contributed by atoms with Crippen LogP contribution in [0.1, 0.15) is 39.7 Å². The first-order valence-electron chi connectivity index (χ1n) is 6.64. The molecule has 4 nitrogen and oxygen atoms in total. The Bertz CT molecular complexity index is 539. The van der Waals surface area contributed by atoms with E-state index in [1.807, 2.05) is 33.8 Å². The fraction of sp³-hybridized carbons (Fsp3) is 0.571. The summed E-state index contributed by atoms with van der Waals surface area (Å²) >= 11 is 0. The first kappa shape index (κ1) is 15.0. The molecule has 1 saturated heterocycles. The van der Waals surface area contributed by atoms with Crippen LogP contribution in [0.4, 0.5) is 4.39 Å². The van der Waals surface area contributed by atoms with Gasteiger partial charge in [-0.15, -0.1) is 0 Å². The standard InChI is InChI=1S/C14H18BFN2O2/c1-13(2)14(3,4)20-15(19-13)12-8-10(6-5-7-17)11(16)9-18-12/h8-9H,5-6H2,1-4H3. The third kappa shape index (κ3) is 2.69. The van der Waals surface area contributed by atoms with Crippen LogP contribution in [-0.2, 0) is 15.7 Å². The van der Waals surface area contributed by atoms with Gasteiger partial charge in [-0.1, -0.05) is 0 Å². The Balaban J connectivity index is 2.25. The van der Waals surface area contributed by atoms with Crippen LogP contribution in [0.5, 0.6) is 0 Å². The van der Waals surface area contributed by atoms with Gasteiger partial charge in [0.25, 0.3) is 0 Å². The van der Waals surface area contributed by atoms with E-state index in [0.29, 0.717) is 17.6 Å². The lowest BCUT2D eigenvalue weighted by Crippen LogP contribution is -2.41. The number of rotatable bonds is 3. The molecule has 0 saturated carbocycles. The number of nitriles is 1. The van der Waals surface area contributed by atoms with Crippen molar-refractivity contribution in [3.63, 3.8) is 0 Å². The molecule has 0 amide bonds. The normalized spacial score (nSPS) is 19.9. The lowest BCUT2D eigenvalue weighted by atomic mass is 9.83. The second kappa shape index (κ2) is 5.15. The molecule has 6 heteroatoms. The van der Waals surface area contributed by atoms with E-state index in [4.69, 9.17) is 14.6 Å². The number of hydrogen-bond acceptors (Lipinski definition) is 4. The fourth-order valence-corrected chi connectivity index (χ4v) is 1.97. The molecule has 2 heterocycles. The van der Waals surface area contributed by atoms with Gasteiger partial charge < -0.3 is 9.31 Å². The lowest BCUT2D eigenvalue weighted by Gasteiger charge is -2.32. The van der Waals surface area contributed by atoms with Crippen molar-refractivity contribution >= 4 is 12.7 Å². The van der Waals surface area contributed by atoms with Crippen molar-refractivity contribution in [2.24, 2.45) is 0 Å². The summed E-state index contributed by atoms with van der Waals surface area (Å²) in [5.74, 6) is -0.402. The summed E-state index contributed by atoms with van der Waals surface area (Å²) in [4.78, 5) is 4.05. The van der Waals surface area contributed by atoms with E-state index in [0.717, 1.165) is 6.20 Å². The Labute approximate surface area is 119 Å². The number of nitrogens with zero attached hydrogens (tertiary/aromatic N) is 2. The SMILES string of the molecule is CC1(C)OB(c2cc(CCC#N)c(F)cn2)OC1(C)C. The molecule has 1 aliphatic rings. The van der Waals surface area contributed by atoms with Gasteiger partial charge in [0.2, 0.25) is 0 Å². The number of pyridine rings is 1. The number of aromatic nitrogens is 1. The summed E-state index contributed by atoms with van der Waals surface area (Å²) in [7, 11) is -0.610. The van der Waals surface area contributed by atoms with Gasteiger partial charge in [-0.05, 0) is 45.7 Å². The maximum atomic E-state index is 13.6. The maximum Gasteiger partial charge on any atom is 0.514 e. The second-order valence-electron chi connectivity index (χ2n) is 5.95. The predicted molar refractivity (Wildman–Crippen MR) is 73.8 cm³/mol. The van der Waals surface area contributed by atoms with E-state index >= 15 is 0 Å². The third-order valence-corrected chi connectivity index (χ3v) is 3.96. The van der Waals surface area contributed by atoms with Gasteiger partial charge in [-0.2, -0.15) is 5.26 Å². The molecule has 1 fully saturated rings. The fourth-order valence-electron chi connectivity index (χ4n) is 1.97. The molecular formula is C14H18BFN2O2. The lowest BCUT2D eigenvalue weighted by molar-refractivity contribution is 0.00578. The van der Waals surface area contributed by atoms with Gasteiger partial charge in [-0.3, -0.25) is 4.98 Å². The Morgan fingerprint density at radius 1 is 1.30 bits per heavy atom. The van der Waals surface area contributed by atoms with E-state index in [9.17, 15) is 4.39 Å². The highest BCUT2D eigenvalue weighted by molar-refractivity contribution is 6.61. The third-order valence-electron chi connectivity index (χ3n) is 3.96. The average Bonchev–Trinajstić information content (AvgIpc) is 2.57. The van der Waals surface area contributed by atoms with Crippen molar-refractivity contribution in [3.05, 3.63) is 23.6 Å². The van der Waals surface area contributed by atoms with E-state index < -0.39 is 24.1 Å². The minimum absolute atomic E-state index is 0.268. The second-order valence-corrected chi connectivity index (χ2v) is 5.95. The van der Waals surface area contributed by atoms with Crippen molar-refractivity contribution in [1.82, 2.24) is 4.98 Å². The van der Waals surface area contributed by atoms with Crippen LogP contribution >= 0.6 is 0 Å². The zero-order valence-corrected chi connectivity index (χ0v) is 12.2. The van der Waals surface area contributed by atoms with E-state index in [2.05, 4.69) is 4.98 Å². The molecule has 0 radical (unpaired) electrons. The van der Waals surface area contributed by atoms with Crippen molar-refractivity contribution in [1.29, 1.82) is 5.26 Å². The van der Waals surface area contributed by atoms with Crippen LogP contribution in [0, 0.1) is 17.1 Å². The quantitative estimate of drug-likeness (QED) is 0.792. The first-order valence-corrected chi connectivity index (χ1v) is 6.64. The van der Waals surface area contributed by atoms with Crippen LogP contribution in [0.3, 0.4) is 0 Å². The Morgan fingerprint density at radius 2 is 1.90 bits per heavy atom. The van der Waals surface area contributed by atoms with Gasteiger partial charge in [0, 0.05) is 6.42 Å². The topological polar surface area (TPSA) is 55.1 Å². The minimum Gasteiger partial charge on any atom is -0.398 e. The van der Waals surface area contributed by atoms with Gasteiger partial charge in [0.15, 0.2) is 0 Å². The van der Waals surface area contributed by atoms with E-state index in [-0.39, 0.29) is 6.42 Å². The van der Waals surface area contributed by atoms with Gasteiger partial charge in [-0.25, -0.2) is 4.39 Å². The molecule has 0 unspecified atom stereocenters. The smallest absolute Gasteiger partial charge is 0.398 e. The van der Waals surface area contributed by atoms with Crippen molar-refractivity contribution in [3.8, 4) is 6.07 Å². The summed E-state index contributed by atoms with van der Waals surface area (Å²) in [6.07, 6.45) is 1.79. The maximum absolute atomic E-state index is 13.6. The van der Waals surface area contributed by atoms with Gasteiger partial charge >= 0.3 is 7.12 Å². The van der Waals surface area contributed by atoms with Crippen LogP contribution in [0.25, 0.3) is 0 Å². The van der Waals surface area contributed by atoms with Crippen LogP contribution < -0.4 is 5.59 Å². The Kier molecular flexibility index (Phi) is 3.85. The van der Waals surface area contributed by atoms with Crippen LogP contribution in [0.2, 0.25) is 0 Å². The Morgan fingerprint density at radius 3 is 2.45 bits per heavy atom. The molecule has 2 rings (SSSR count). The molecule has 0 spiro atoms. The monoisotopic (exact) mass is 276 g/mol. The van der Waals surface area contributed by atoms with E-state index in [1.54, 1.807) is 6.07 Å². The van der Waals surface area contributed by atoms with Gasteiger partial charge in [0.05, 0.1) is 29.1 Å². The number of aryl methyl sites for hydroxylation is 1. The highest BCUT2D eigenvalue weighted by atomic mass is 19.1. The minimum atomic E-state index is -0.610. The van der Waals surface area contributed by atoms with Crippen LogP contribution in [0.15, 0.2) is 12.3 Å². The molecule has 0 aliphatic carbocycles. The molecule has 1 aromatic heterocycles. The summed E-state index contributed by atoms with van der Waals surface area (Å²) in [5.41, 5.74) is 0.0884. The Hall–Kier alpha value is -1.45. The zero-order chi connectivity index (χ0) is 15.0. The molecular weight excluding hydrogens is 258 g/mol. The summed E-state index contributed by atoms with van der Waals surface area (Å²) in [6.45, 7) is 7.81. The van der Waals surface area contributed by atoms with Crippen LogP contribution in [-0.4, -0.2) is 23.3 Å². The number of halogens is 1. The van der Waals surface area contributed by atoms with Crippen molar-refractivity contribution < 1.29 is 13.7 Å². The first-order chi connectivity index (χ1) is 9.27.